The fourth-order valence-corrected chi connectivity index (χ4v) is 4.08. The van der Waals surface area contributed by atoms with E-state index in [0.29, 0.717) is 4.80 Å². The van der Waals surface area contributed by atoms with Crippen LogP contribution < -0.4 is 4.80 Å². The number of thiazole rings is 1. The van der Waals surface area contributed by atoms with Crippen molar-refractivity contribution in [1.82, 2.24) is 4.57 Å². The molecule has 2 aromatic carbocycles. The molecule has 3 rings (SSSR count). The van der Waals surface area contributed by atoms with Gasteiger partial charge in [0.1, 0.15) is 5.56 Å². The first-order chi connectivity index (χ1) is 12.4. The lowest BCUT2D eigenvalue weighted by molar-refractivity contribution is -0.385. The van der Waals surface area contributed by atoms with Gasteiger partial charge in [0.05, 0.1) is 21.7 Å². The molecule has 1 aromatic heterocycles. The van der Waals surface area contributed by atoms with Gasteiger partial charge in [-0.3, -0.25) is 14.9 Å². The Morgan fingerprint density at radius 1 is 1.35 bits per heavy atom. The van der Waals surface area contributed by atoms with Crippen LogP contribution in [0.2, 0.25) is 0 Å². The van der Waals surface area contributed by atoms with E-state index in [1.54, 1.807) is 10.6 Å². The molecule has 26 heavy (non-hydrogen) atoms. The highest BCUT2D eigenvalue weighted by atomic mass is 32.1. The number of benzene rings is 2. The zero-order valence-electron chi connectivity index (χ0n) is 14.2. The largest absolute Gasteiger partial charge is 0.304 e. The maximum absolute atomic E-state index is 12.6. The number of amides is 1. The maximum atomic E-state index is 12.6. The number of aryl methyl sites for hydroxylation is 2. The third-order valence-corrected chi connectivity index (χ3v) is 4.92. The summed E-state index contributed by atoms with van der Waals surface area (Å²) in [6.45, 7) is 4.22. The summed E-state index contributed by atoms with van der Waals surface area (Å²) in [7, 11) is 0. The van der Waals surface area contributed by atoms with Crippen molar-refractivity contribution in [1.29, 1.82) is 0 Å². The lowest BCUT2D eigenvalue weighted by Gasteiger charge is -2.04. The number of nitro benzene ring substituents is 1. The summed E-state index contributed by atoms with van der Waals surface area (Å²) in [5.74, 6) is 1.91. The van der Waals surface area contributed by atoms with Crippen LogP contribution in [-0.2, 0) is 6.54 Å². The van der Waals surface area contributed by atoms with Gasteiger partial charge in [-0.2, -0.15) is 4.99 Å². The predicted molar refractivity (Wildman–Crippen MR) is 101 cm³/mol. The van der Waals surface area contributed by atoms with Gasteiger partial charge >= 0.3 is 0 Å². The minimum Gasteiger partial charge on any atom is -0.304 e. The van der Waals surface area contributed by atoms with E-state index < -0.39 is 10.8 Å². The Morgan fingerprint density at radius 3 is 2.77 bits per heavy atom. The molecule has 0 saturated heterocycles. The van der Waals surface area contributed by atoms with E-state index in [4.69, 9.17) is 6.42 Å². The molecule has 0 fully saturated rings. The fourth-order valence-electron chi connectivity index (χ4n) is 2.88. The van der Waals surface area contributed by atoms with Gasteiger partial charge < -0.3 is 4.57 Å². The highest BCUT2D eigenvalue weighted by Gasteiger charge is 2.19. The Kier molecular flexibility index (Phi) is 4.69. The lowest BCUT2D eigenvalue weighted by atomic mass is 10.1. The lowest BCUT2D eigenvalue weighted by Crippen LogP contribution is -2.17. The van der Waals surface area contributed by atoms with E-state index in [1.807, 2.05) is 26.0 Å². The van der Waals surface area contributed by atoms with Crippen molar-refractivity contribution in [2.75, 3.05) is 0 Å². The quantitative estimate of drug-likeness (QED) is 0.404. The molecule has 6 nitrogen and oxygen atoms in total. The molecular formula is C19H15N3O3S. The Labute approximate surface area is 153 Å². The van der Waals surface area contributed by atoms with Crippen molar-refractivity contribution < 1.29 is 9.72 Å². The predicted octanol–water partition coefficient (Wildman–Crippen LogP) is 3.60. The average molecular weight is 365 g/mol. The van der Waals surface area contributed by atoms with Crippen LogP contribution in [0.5, 0.6) is 0 Å². The number of fused-ring (bicyclic) bond motifs is 1. The third-order valence-electron chi connectivity index (χ3n) is 3.89. The molecule has 0 atom stereocenters. The molecule has 0 spiro atoms. The summed E-state index contributed by atoms with van der Waals surface area (Å²) >= 11 is 1.34. The number of carbonyl (C=O) groups is 1. The molecule has 0 aliphatic heterocycles. The summed E-state index contributed by atoms with van der Waals surface area (Å²) < 4.78 is 2.76. The van der Waals surface area contributed by atoms with Crippen LogP contribution >= 0.6 is 11.3 Å². The number of carbonyl (C=O) groups excluding carboxylic acids is 1. The molecule has 130 valence electrons. The zero-order valence-corrected chi connectivity index (χ0v) is 15.0. The monoisotopic (exact) mass is 365 g/mol. The van der Waals surface area contributed by atoms with Crippen LogP contribution in [0.25, 0.3) is 10.2 Å². The van der Waals surface area contributed by atoms with Crippen molar-refractivity contribution in [2.45, 2.75) is 20.4 Å². The normalized spacial score (nSPS) is 11.5. The van der Waals surface area contributed by atoms with E-state index >= 15 is 0 Å². The molecule has 0 aliphatic rings. The van der Waals surface area contributed by atoms with Gasteiger partial charge in [0.15, 0.2) is 4.80 Å². The molecule has 0 bridgehead atoms. The number of aromatic nitrogens is 1. The van der Waals surface area contributed by atoms with Gasteiger partial charge in [-0.25, -0.2) is 0 Å². The van der Waals surface area contributed by atoms with Crippen molar-refractivity contribution in [3.05, 3.63) is 68.0 Å². The van der Waals surface area contributed by atoms with Gasteiger partial charge in [0.2, 0.25) is 0 Å². The molecule has 0 N–H and O–H groups in total. The van der Waals surface area contributed by atoms with Crippen molar-refractivity contribution >= 4 is 33.1 Å². The highest BCUT2D eigenvalue weighted by Crippen LogP contribution is 2.24. The van der Waals surface area contributed by atoms with Crippen LogP contribution in [-0.4, -0.2) is 15.4 Å². The number of hydrogen-bond donors (Lipinski definition) is 0. The number of nitrogens with zero attached hydrogens (tertiary/aromatic N) is 3. The Balaban J connectivity index is 2.24. The number of para-hydroxylation sites is 1. The Hall–Kier alpha value is -3.24. The molecule has 0 aliphatic carbocycles. The molecule has 3 aromatic rings. The standard InChI is InChI=1S/C19H15N3O3S/c1-4-9-21-17-13(3)10-12(2)11-16(17)26-19(21)20-18(23)14-7-5-6-8-15(14)22(24)25/h1,5-8,10-11H,9H2,2-3H3. The first-order valence-electron chi connectivity index (χ1n) is 7.79. The minimum atomic E-state index is -0.663. The Morgan fingerprint density at radius 2 is 2.08 bits per heavy atom. The van der Waals surface area contributed by atoms with Crippen LogP contribution in [0, 0.1) is 36.3 Å². The number of rotatable bonds is 3. The van der Waals surface area contributed by atoms with E-state index in [9.17, 15) is 14.9 Å². The van der Waals surface area contributed by atoms with Gasteiger partial charge in [-0.05, 0) is 37.1 Å². The molecule has 1 heterocycles. The van der Waals surface area contributed by atoms with Crippen molar-refractivity contribution in [3.63, 3.8) is 0 Å². The summed E-state index contributed by atoms with van der Waals surface area (Å²) in [6.07, 6.45) is 5.48. The summed E-state index contributed by atoms with van der Waals surface area (Å²) in [5, 5.41) is 11.2. The first kappa shape index (κ1) is 17.6. The van der Waals surface area contributed by atoms with Gasteiger partial charge in [-0.15, -0.1) is 6.42 Å². The fraction of sp³-hybridized carbons (Fsp3) is 0.158. The second-order valence-corrected chi connectivity index (χ2v) is 6.80. The van der Waals surface area contributed by atoms with Gasteiger partial charge in [0.25, 0.3) is 11.6 Å². The molecule has 0 radical (unpaired) electrons. The van der Waals surface area contributed by atoms with Crippen LogP contribution in [0.15, 0.2) is 41.4 Å². The minimum absolute atomic E-state index is 0.0462. The SMILES string of the molecule is C#CCn1c(=NC(=O)c2ccccc2[N+](=O)[O-])sc2cc(C)cc(C)c21. The molecule has 7 heteroatoms. The summed E-state index contributed by atoms with van der Waals surface area (Å²) in [5.41, 5.74) is 2.74. The Bertz CT molecular complexity index is 1150. The number of hydrogen-bond acceptors (Lipinski definition) is 4. The number of nitro groups is 1. The number of terminal acetylenes is 1. The molecule has 1 amide bonds. The van der Waals surface area contributed by atoms with Crippen LogP contribution in [0.1, 0.15) is 21.5 Å². The first-order valence-corrected chi connectivity index (χ1v) is 8.60. The van der Waals surface area contributed by atoms with E-state index in [1.165, 1.54) is 29.5 Å². The van der Waals surface area contributed by atoms with Crippen LogP contribution in [0.4, 0.5) is 5.69 Å². The highest BCUT2D eigenvalue weighted by molar-refractivity contribution is 7.16. The van der Waals surface area contributed by atoms with Crippen molar-refractivity contribution in [2.24, 2.45) is 4.99 Å². The topological polar surface area (TPSA) is 77.5 Å². The van der Waals surface area contributed by atoms with Gasteiger partial charge in [-0.1, -0.05) is 35.5 Å². The van der Waals surface area contributed by atoms with E-state index in [2.05, 4.69) is 10.9 Å². The van der Waals surface area contributed by atoms with Crippen molar-refractivity contribution in [3.8, 4) is 12.3 Å². The maximum Gasteiger partial charge on any atom is 0.286 e. The third kappa shape index (κ3) is 3.15. The summed E-state index contributed by atoms with van der Waals surface area (Å²) in [6, 6.07) is 9.82. The van der Waals surface area contributed by atoms with E-state index in [-0.39, 0.29) is 17.8 Å². The van der Waals surface area contributed by atoms with Crippen LogP contribution in [0.3, 0.4) is 0 Å². The molecule has 0 saturated carbocycles. The molecular weight excluding hydrogens is 350 g/mol. The summed E-state index contributed by atoms with van der Waals surface area (Å²) in [4.78, 5) is 27.7. The second kappa shape index (κ2) is 6.94. The van der Waals surface area contributed by atoms with Gasteiger partial charge in [0, 0.05) is 6.07 Å². The van der Waals surface area contributed by atoms with E-state index in [0.717, 1.165) is 21.3 Å². The second-order valence-electron chi connectivity index (χ2n) is 5.79. The zero-order chi connectivity index (χ0) is 18.8. The molecule has 0 unspecified atom stereocenters. The average Bonchev–Trinajstić information content (AvgIpc) is 2.92. The smallest absolute Gasteiger partial charge is 0.286 e.